The van der Waals surface area contributed by atoms with Gasteiger partial charge in [-0.3, -0.25) is 0 Å². The number of aromatic nitrogens is 1. The van der Waals surface area contributed by atoms with Gasteiger partial charge >= 0.3 is 20.1 Å². The van der Waals surface area contributed by atoms with Crippen molar-refractivity contribution in [3.8, 4) is 11.3 Å². The van der Waals surface area contributed by atoms with Gasteiger partial charge in [0.2, 0.25) is 0 Å². The largest absolute Gasteiger partial charge is 0.305 e. The van der Waals surface area contributed by atoms with Crippen LogP contribution in [0.4, 0.5) is 0 Å². The molecule has 1 aromatic carbocycles. The molecule has 0 atom stereocenters. The van der Waals surface area contributed by atoms with Crippen molar-refractivity contribution in [1.29, 1.82) is 0 Å². The van der Waals surface area contributed by atoms with Crippen molar-refractivity contribution in [3.05, 3.63) is 54.7 Å². The van der Waals surface area contributed by atoms with E-state index >= 15 is 0 Å². The summed E-state index contributed by atoms with van der Waals surface area (Å²) in [5.41, 5.74) is 2.01. The molecule has 2 radical (unpaired) electrons. The molecule has 0 spiro atoms. The fourth-order valence-corrected chi connectivity index (χ4v) is 1.07. The number of carbonyl (C=O) groups excluding carboxylic acids is 1. The summed E-state index contributed by atoms with van der Waals surface area (Å²) in [6, 6.07) is 16.8. The van der Waals surface area contributed by atoms with E-state index in [-0.39, 0.29) is 20.1 Å². The maximum atomic E-state index is 7.50. The van der Waals surface area contributed by atoms with E-state index < -0.39 is 0 Å². The average Bonchev–Trinajstić information content (AvgIpc) is 2.34. The van der Waals surface area contributed by atoms with E-state index in [9.17, 15) is 0 Å². The number of benzene rings is 1. The maximum Gasteiger partial charge on any atom is 0.0160 e. The fraction of sp³-hybridized carbons (Fsp3) is 0. The van der Waals surface area contributed by atoms with E-state index in [0.717, 1.165) is 11.3 Å². The Hall–Kier alpha value is -1.31. The van der Waals surface area contributed by atoms with Crippen molar-refractivity contribution in [2.24, 2.45) is 0 Å². The summed E-state index contributed by atoms with van der Waals surface area (Å²) >= 11 is 0. The number of hydrogen-bond acceptors (Lipinski definition) is 2. The monoisotopic (exact) mass is 376 g/mol. The molecule has 0 saturated carbocycles. The summed E-state index contributed by atoms with van der Waals surface area (Å²) in [7, 11) is 0. The van der Waals surface area contributed by atoms with Gasteiger partial charge in [-0.2, -0.15) is 0 Å². The van der Waals surface area contributed by atoms with Gasteiger partial charge in [0.25, 0.3) is 0 Å². The van der Waals surface area contributed by atoms with Crippen LogP contribution >= 0.6 is 0 Å². The van der Waals surface area contributed by atoms with E-state index in [1.54, 1.807) is 6.20 Å². The van der Waals surface area contributed by atoms with Gasteiger partial charge in [0.1, 0.15) is 0 Å². The molecule has 1 heterocycles. The SMILES string of the molecule is [C-]=O.[IrH+2].[c-]1ccccc1-c1ccccn1. The van der Waals surface area contributed by atoms with Crippen LogP contribution in [0, 0.1) is 6.07 Å². The zero-order valence-electron chi connectivity index (χ0n) is 7.83. The number of hydrogen-bond donors (Lipinski definition) is 0. The van der Waals surface area contributed by atoms with Gasteiger partial charge in [0.15, 0.2) is 0 Å². The Bertz CT molecular complexity index is 326. The first-order valence-electron chi connectivity index (χ1n) is 4.05. The summed E-state index contributed by atoms with van der Waals surface area (Å²) in [6.45, 7) is 4.50. The van der Waals surface area contributed by atoms with E-state index in [0.29, 0.717) is 0 Å². The second kappa shape index (κ2) is 8.04. The first-order chi connectivity index (χ1) is 6.97. The maximum absolute atomic E-state index is 7.50. The predicted molar refractivity (Wildman–Crippen MR) is 55.6 cm³/mol. The number of nitrogens with zero attached hydrogens (tertiary/aromatic N) is 1. The fourth-order valence-electron chi connectivity index (χ4n) is 1.07. The summed E-state index contributed by atoms with van der Waals surface area (Å²) in [5, 5.41) is 0. The van der Waals surface area contributed by atoms with Gasteiger partial charge < -0.3 is 16.6 Å². The van der Waals surface area contributed by atoms with Crippen molar-refractivity contribution in [3.63, 3.8) is 0 Å². The second-order valence-corrected chi connectivity index (χ2v) is 2.49. The quantitative estimate of drug-likeness (QED) is 0.713. The van der Waals surface area contributed by atoms with Crippen LogP contribution in [0.3, 0.4) is 0 Å². The smallest absolute Gasteiger partial charge is 0.0160 e. The zero-order chi connectivity index (χ0) is 10.2. The first-order valence-corrected chi connectivity index (χ1v) is 4.05. The molecule has 77 valence electrons. The van der Waals surface area contributed by atoms with E-state index in [2.05, 4.69) is 17.8 Å². The molecule has 0 N–H and O–H groups in total. The van der Waals surface area contributed by atoms with Gasteiger partial charge in [-0.25, -0.2) is 0 Å². The van der Waals surface area contributed by atoms with E-state index in [4.69, 9.17) is 4.79 Å². The Balaban J connectivity index is 0.000000617. The van der Waals surface area contributed by atoms with Gasteiger partial charge in [0, 0.05) is 6.20 Å². The van der Waals surface area contributed by atoms with Crippen LogP contribution in [0.1, 0.15) is 0 Å². The van der Waals surface area contributed by atoms with E-state index in [1.165, 1.54) is 0 Å². The summed E-state index contributed by atoms with van der Waals surface area (Å²) in [6.07, 6.45) is 1.79. The molecule has 0 aliphatic rings. The molecule has 0 aliphatic carbocycles. The first kappa shape index (κ1) is 13.7. The van der Waals surface area contributed by atoms with Gasteiger partial charge in [0.05, 0.1) is 0 Å². The minimum Gasteiger partial charge on any atom is -0.305 e. The Morgan fingerprint density at radius 1 is 1.07 bits per heavy atom. The molecule has 2 aromatic rings. The summed E-state index contributed by atoms with van der Waals surface area (Å²) in [5.74, 6) is 0. The van der Waals surface area contributed by atoms with Crippen LogP contribution in [0.25, 0.3) is 11.3 Å². The van der Waals surface area contributed by atoms with Crippen molar-refractivity contribution in [2.75, 3.05) is 0 Å². The number of pyridine rings is 1. The van der Waals surface area contributed by atoms with Crippen LogP contribution in [-0.4, -0.2) is 11.8 Å². The molecule has 0 unspecified atom stereocenters. The molecule has 0 aliphatic heterocycles. The molecule has 1 aromatic heterocycles. The molecule has 2 rings (SSSR count). The molecule has 0 bridgehead atoms. The van der Waals surface area contributed by atoms with Crippen LogP contribution in [0.2, 0.25) is 0 Å². The summed E-state index contributed by atoms with van der Waals surface area (Å²) < 4.78 is 0. The third-order valence-corrected chi connectivity index (χ3v) is 1.65. The van der Waals surface area contributed by atoms with E-state index in [1.807, 2.05) is 42.5 Å². The average molecular weight is 375 g/mol. The Morgan fingerprint density at radius 3 is 2.33 bits per heavy atom. The molecule has 0 fully saturated rings. The van der Waals surface area contributed by atoms with Crippen LogP contribution < -0.4 is 0 Å². The zero-order valence-corrected chi connectivity index (χ0v) is 10.4. The summed E-state index contributed by atoms with van der Waals surface area (Å²) in [4.78, 5) is 11.7. The van der Waals surface area contributed by atoms with Crippen LogP contribution in [0.15, 0.2) is 48.7 Å². The van der Waals surface area contributed by atoms with Gasteiger partial charge in [-0.05, 0) is 11.8 Å². The topological polar surface area (TPSA) is 30.0 Å². The predicted octanol–water partition coefficient (Wildman–Crippen LogP) is 1.88. The molecule has 3 heteroatoms. The molecule has 0 amide bonds. The minimum absolute atomic E-state index is 0. The Kier molecular flexibility index (Phi) is 7.33. The van der Waals surface area contributed by atoms with Crippen LogP contribution in [0.5, 0.6) is 0 Å². The van der Waals surface area contributed by atoms with Gasteiger partial charge in [-0.1, -0.05) is 12.1 Å². The normalized spacial score (nSPS) is 8.00. The molecule has 2 nitrogen and oxygen atoms in total. The Labute approximate surface area is 103 Å². The second-order valence-electron chi connectivity index (χ2n) is 2.49. The van der Waals surface area contributed by atoms with Crippen LogP contribution in [-0.2, 0) is 24.9 Å². The van der Waals surface area contributed by atoms with Crippen molar-refractivity contribution >= 4 is 6.79 Å². The van der Waals surface area contributed by atoms with Gasteiger partial charge in [-0.15, -0.1) is 35.9 Å². The Morgan fingerprint density at radius 2 is 1.80 bits per heavy atom. The molecule has 15 heavy (non-hydrogen) atoms. The third-order valence-electron chi connectivity index (χ3n) is 1.65. The minimum atomic E-state index is 0. The molecular weight excluding hydrogens is 366 g/mol. The van der Waals surface area contributed by atoms with Crippen molar-refractivity contribution < 1.29 is 24.9 Å². The molecule has 0 saturated heterocycles. The van der Waals surface area contributed by atoms with Crippen molar-refractivity contribution in [2.45, 2.75) is 0 Å². The molecular formula is C12H9IrNO. The standard InChI is InChI=1S/C11H8N.CO.Ir.H/c1-2-6-10(7-3-1)11-8-4-5-9-12-11;1-2;;/h1-6,8-9H;;;/q2*-1;+2;. The van der Waals surface area contributed by atoms with Crippen molar-refractivity contribution in [1.82, 2.24) is 4.98 Å². The number of rotatable bonds is 1. The third kappa shape index (κ3) is 4.15.